The normalized spacial score (nSPS) is 38.6. The largest absolute Gasteiger partial charge is 0.358 e. The number of hydrogen-bond acceptors (Lipinski definition) is 8. The second-order valence-electron chi connectivity index (χ2n) is 9.21. The maximum Gasteiger partial charge on any atom is 0.251 e. The van der Waals surface area contributed by atoms with Crippen molar-refractivity contribution < 1.29 is 33.3 Å². The molecule has 1 aromatic rings. The van der Waals surface area contributed by atoms with E-state index >= 15 is 0 Å². The van der Waals surface area contributed by atoms with E-state index in [9.17, 15) is 0 Å². The molecule has 0 radical (unpaired) electrons. The Hall–Kier alpha value is -1.81. The van der Waals surface area contributed by atoms with Crippen molar-refractivity contribution in [2.24, 2.45) is 5.16 Å². The fourth-order valence-electron chi connectivity index (χ4n) is 4.42. The minimum atomic E-state index is -0.753. The van der Waals surface area contributed by atoms with Crippen LogP contribution in [-0.2, 0) is 33.3 Å². The van der Waals surface area contributed by atoms with Crippen LogP contribution in [0, 0.1) is 0 Å². The van der Waals surface area contributed by atoms with Crippen LogP contribution in [0.2, 0.25) is 0 Å². The summed E-state index contributed by atoms with van der Waals surface area (Å²) in [5.74, 6) is -1.42. The van der Waals surface area contributed by atoms with Gasteiger partial charge in [0, 0.05) is 6.42 Å². The maximum absolute atomic E-state index is 6.21. The van der Waals surface area contributed by atoms with E-state index in [4.69, 9.17) is 33.3 Å². The van der Waals surface area contributed by atoms with Crippen LogP contribution < -0.4 is 0 Å². The van der Waals surface area contributed by atoms with Gasteiger partial charge in [0.2, 0.25) is 0 Å². The minimum Gasteiger partial charge on any atom is -0.358 e. The zero-order chi connectivity index (χ0) is 21.8. The number of oxime groups is 1. The van der Waals surface area contributed by atoms with E-state index in [1.165, 1.54) is 0 Å². The third kappa shape index (κ3) is 4.16. The average Bonchev–Trinajstić information content (AvgIpc) is 3.34. The smallest absolute Gasteiger partial charge is 0.251 e. The van der Waals surface area contributed by atoms with Gasteiger partial charge < -0.3 is 33.3 Å². The summed E-state index contributed by atoms with van der Waals surface area (Å²) in [6, 6.07) is 9.87. The summed E-state index contributed by atoms with van der Waals surface area (Å²) in [5, 5.41) is 4.26. The van der Waals surface area contributed by atoms with Gasteiger partial charge in [0.05, 0.1) is 12.3 Å². The third-order valence-corrected chi connectivity index (χ3v) is 5.79. The monoisotopic (exact) mass is 431 g/mol. The van der Waals surface area contributed by atoms with E-state index in [2.05, 4.69) is 11.7 Å². The van der Waals surface area contributed by atoms with E-state index < -0.39 is 36.4 Å². The molecule has 0 spiro atoms. The standard InChI is InChI=1S/C23H29NO7/c1-13-11-15(14-9-7-6-8-10-14)24-31-20(13)27-21-19-18(29-23(4,5)30-19)17(26-21)16-12-25-22(2,3)28-16/h6-10,16-21H,1,11-12H2,2-5H3/t16-,17-,18+,19+,20?,21-/m1/s1. The molecule has 8 nitrogen and oxygen atoms in total. The van der Waals surface area contributed by atoms with Crippen molar-refractivity contribution >= 4 is 5.71 Å². The zero-order valence-corrected chi connectivity index (χ0v) is 18.3. The molecule has 5 rings (SSSR count). The molecular weight excluding hydrogens is 402 g/mol. The highest BCUT2D eigenvalue weighted by atomic mass is 16.9. The second kappa shape index (κ2) is 7.65. The summed E-state index contributed by atoms with van der Waals surface area (Å²) in [5.41, 5.74) is 2.57. The van der Waals surface area contributed by atoms with Gasteiger partial charge in [-0.05, 0) is 38.8 Å². The molecule has 0 bridgehead atoms. The molecule has 8 heteroatoms. The topological polar surface area (TPSA) is 77.0 Å². The number of rotatable bonds is 4. The molecule has 31 heavy (non-hydrogen) atoms. The number of benzene rings is 1. The Balaban J connectivity index is 1.30. The van der Waals surface area contributed by atoms with Crippen LogP contribution in [0.5, 0.6) is 0 Å². The van der Waals surface area contributed by atoms with Crippen molar-refractivity contribution in [1.82, 2.24) is 0 Å². The molecule has 4 aliphatic rings. The second-order valence-corrected chi connectivity index (χ2v) is 9.21. The Morgan fingerprint density at radius 1 is 0.968 bits per heavy atom. The molecule has 4 heterocycles. The number of nitrogens with zero attached hydrogens (tertiary/aromatic N) is 1. The number of ether oxygens (including phenoxy) is 6. The fraction of sp³-hybridized carbons (Fsp3) is 0.609. The van der Waals surface area contributed by atoms with Crippen molar-refractivity contribution in [2.45, 2.75) is 82.7 Å². The molecule has 168 valence electrons. The molecule has 0 aromatic heterocycles. The van der Waals surface area contributed by atoms with Crippen molar-refractivity contribution in [3.05, 3.63) is 48.0 Å². The quantitative estimate of drug-likeness (QED) is 0.678. The summed E-state index contributed by atoms with van der Waals surface area (Å²) in [4.78, 5) is 5.65. The summed E-state index contributed by atoms with van der Waals surface area (Å²) >= 11 is 0. The van der Waals surface area contributed by atoms with E-state index in [0.29, 0.717) is 13.0 Å². The highest BCUT2D eigenvalue weighted by Gasteiger charge is 2.60. The van der Waals surface area contributed by atoms with Gasteiger partial charge >= 0.3 is 0 Å². The first kappa shape index (κ1) is 21.1. The Morgan fingerprint density at radius 2 is 1.71 bits per heavy atom. The van der Waals surface area contributed by atoms with Crippen molar-refractivity contribution in [3.8, 4) is 0 Å². The summed E-state index contributed by atoms with van der Waals surface area (Å²) in [7, 11) is 0. The van der Waals surface area contributed by atoms with Gasteiger partial charge in [-0.15, -0.1) is 0 Å². The van der Waals surface area contributed by atoms with Crippen LogP contribution in [0.4, 0.5) is 0 Å². The van der Waals surface area contributed by atoms with Crippen molar-refractivity contribution in [3.63, 3.8) is 0 Å². The first-order chi connectivity index (χ1) is 14.7. The zero-order valence-electron chi connectivity index (χ0n) is 18.3. The van der Waals surface area contributed by atoms with E-state index in [1.54, 1.807) is 0 Å². The van der Waals surface area contributed by atoms with Crippen LogP contribution >= 0.6 is 0 Å². The molecule has 6 atom stereocenters. The van der Waals surface area contributed by atoms with Crippen LogP contribution in [0.25, 0.3) is 0 Å². The molecule has 3 fully saturated rings. The molecule has 3 saturated heterocycles. The molecule has 0 amide bonds. The highest BCUT2D eigenvalue weighted by molar-refractivity contribution is 6.01. The molecule has 1 unspecified atom stereocenters. The van der Waals surface area contributed by atoms with Gasteiger partial charge in [-0.2, -0.15) is 0 Å². The van der Waals surface area contributed by atoms with E-state index in [0.717, 1.165) is 16.8 Å². The predicted octanol–water partition coefficient (Wildman–Crippen LogP) is 3.11. The van der Waals surface area contributed by atoms with Gasteiger partial charge in [-0.1, -0.05) is 42.1 Å². The summed E-state index contributed by atoms with van der Waals surface area (Å²) < 4.78 is 36.3. The fourth-order valence-corrected chi connectivity index (χ4v) is 4.42. The lowest BCUT2D eigenvalue weighted by Gasteiger charge is -2.29. The molecule has 0 aliphatic carbocycles. The molecule has 1 aromatic carbocycles. The number of hydrogen-bond donors (Lipinski definition) is 0. The van der Waals surface area contributed by atoms with Crippen LogP contribution in [0.1, 0.15) is 39.7 Å². The van der Waals surface area contributed by atoms with Gasteiger partial charge in [-0.3, -0.25) is 0 Å². The van der Waals surface area contributed by atoms with E-state index in [-0.39, 0.29) is 12.2 Å². The first-order valence-corrected chi connectivity index (χ1v) is 10.6. The van der Waals surface area contributed by atoms with Crippen LogP contribution in [0.15, 0.2) is 47.6 Å². The first-order valence-electron chi connectivity index (χ1n) is 10.6. The van der Waals surface area contributed by atoms with Crippen LogP contribution in [0.3, 0.4) is 0 Å². The molecule has 4 aliphatic heterocycles. The van der Waals surface area contributed by atoms with Crippen molar-refractivity contribution in [2.75, 3.05) is 6.61 Å². The van der Waals surface area contributed by atoms with Crippen LogP contribution in [-0.4, -0.2) is 60.9 Å². The van der Waals surface area contributed by atoms with Gasteiger partial charge in [0.15, 0.2) is 17.9 Å². The molecule has 0 N–H and O–H groups in total. The maximum atomic E-state index is 6.21. The summed E-state index contributed by atoms with van der Waals surface area (Å²) in [6.07, 6.45) is -2.34. The Morgan fingerprint density at radius 3 is 2.39 bits per heavy atom. The van der Waals surface area contributed by atoms with E-state index in [1.807, 2.05) is 58.0 Å². The van der Waals surface area contributed by atoms with Gasteiger partial charge in [0.25, 0.3) is 6.29 Å². The highest BCUT2D eigenvalue weighted by Crippen LogP contribution is 2.43. The lowest BCUT2D eigenvalue weighted by Crippen LogP contribution is -2.40. The molecule has 0 saturated carbocycles. The lowest BCUT2D eigenvalue weighted by molar-refractivity contribution is -0.282. The SMILES string of the molecule is C=C1CC(c2ccccc2)=NOC1O[C@H]1O[C@H]([C@H]2COC(C)(C)O2)[C@@H]2OC(C)(C)O[C@H]12. The Kier molecular flexibility index (Phi) is 5.20. The van der Waals surface area contributed by atoms with Gasteiger partial charge in [-0.25, -0.2) is 0 Å². The van der Waals surface area contributed by atoms with Gasteiger partial charge in [0.1, 0.15) is 24.4 Å². The number of fused-ring (bicyclic) bond motifs is 1. The lowest BCUT2D eigenvalue weighted by atomic mass is 10.0. The average molecular weight is 431 g/mol. The predicted molar refractivity (Wildman–Crippen MR) is 110 cm³/mol. The Bertz CT molecular complexity index is 868. The minimum absolute atomic E-state index is 0.285. The Labute approximate surface area is 182 Å². The summed E-state index contributed by atoms with van der Waals surface area (Å²) in [6.45, 7) is 12.1. The van der Waals surface area contributed by atoms with Crippen molar-refractivity contribution in [1.29, 1.82) is 0 Å². The third-order valence-electron chi connectivity index (χ3n) is 5.79. The molecular formula is C23H29NO7.